The van der Waals surface area contributed by atoms with Crippen molar-refractivity contribution in [2.75, 3.05) is 10.6 Å². The third-order valence-corrected chi connectivity index (χ3v) is 3.43. The molecular formula is C14H16N4. The van der Waals surface area contributed by atoms with Crippen molar-refractivity contribution in [2.24, 2.45) is 0 Å². The topological polar surface area (TPSA) is 49.8 Å². The third kappa shape index (κ3) is 1.98. The maximum Gasteiger partial charge on any atom is 0.225 e. The quantitative estimate of drug-likeness (QED) is 0.862. The standard InChI is InChI=1S/C14H16N4/c1-2-4-12-11(3-1)13(15-9-5-6-9)18-14(17-12)16-10-7-8-10/h1-4,9-10H,5-8H2,(H2,15,16,17,18). The van der Waals surface area contributed by atoms with E-state index in [-0.39, 0.29) is 0 Å². The molecule has 0 saturated heterocycles. The van der Waals surface area contributed by atoms with Crippen LogP contribution in [-0.2, 0) is 0 Å². The van der Waals surface area contributed by atoms with Gasteiger partial charge >= 0.3 is 0 Å². The highest BCUT2D eigenvalue weighted by Gasteiger charge is 2.24. The summed E-state index contributed by atoms with van der Waals surface area (Å²) in [5, 5.41) is 8.00. The number of nitrogens with zero attached hydrogens (tertiary/aromatic N) is 2. The second-order valence-electron chi connectivity index (χ2n) is 5.25. The van der Waals surface area contributed by atoms with Gasteiger partial charge in [-0.2, -0.15) is 4.98 Å². The van der Waals surface area contributed by atoms with Crippen LogP contribution in [0.1, 0.15) is 25.7 Å². The van der Waals surface area contributed by atoms with E-state index >= 15 is 0 Å². The molecule has 4 heteroatoms. The third-order valence-electron chi connectivity index (χ3n) is 3.43. The van der Waals surface area contributed by atoms with Crippen molar-refractivity contribution in [1.82, 2.24) is 9.97 Å². The molecular weight excluding hydrogens is 224 g/mol. The highest BCUT2D eigenvalue weighted by Crippen LogP contribution is 2.30. The molecule has 4 nitrogen and oxygen atoms in total. The Kier molecular flexibility index (Phi) is 2.15. The largest absolute Gasteiger partial charge is 0.367 e. The fourth-order valence-electron chi connectivity index (χ4n) is 2.08. The number of fused-ring (bicyclic) bond motifs is 1. The molecule has 2 aliphatic carbocycles. The molecule has 0 amide bonds. The summed E-state index contributed by atoms with van der Waals surface area (Å²) in [6.45, 7) is 0. The van der Waals surface area contributed by atoms with Crippen molar-refractivity contribution in [2.45, 2.75) is 37.8 Å². The molecule has 92 valence electrons. The van der Waals surface area contributed by atoms with Gasteiger partial charge in [0.25, 0.3) is 0 Å². The summed E-state index contributed by atoms with van der Waals surface area (Å²) in [6, 6.07) is 9.39. The maximum absolute atomic E-state index is 4.63. The lowest BCUT2D eigenvalue weighted by atomic mass is 10.2. The van der Waals surface area contributed by atoms with Crippen molar-refractivity contribution in [3.8, 4) is 0 Å². The van der Waals surface area contributed by atoms with Gasteiger partial charge in [-0.3, -0.25) is 0 Å². The number of rotatable bonds is 4. The van der Waals surface area contributed by atoms with Crippen LogP contribution in [0.4, 0.5) is 11.8 Å². The summed E-state index contributed by atoms with van der Waals surface area (Å²) in [6.07, 6.45) is 4.98. The van der Waals surface area contributed by atoms with E-state index in [0.717, 1.165) is 22.7 Å². The smallest absolute Gasteiger partial charge is 0.225 e. The summed E-state index contributed by atoms with van der Waals surface area (Å²) < 4.78 is 0. The minimum atomic E-state index is 0.583. The molecule has 0 atom stereocenters. The Hall–Kier alpha value is -1.84. The number of hydrogen-bond acceptors (Lipinski definition) is 4. The zero-order valence-corrected chi connectivity index (χ0v) is 10.2. The minimum absolute atomic E-state index is 0.583. The molecule has 1 aromatic heterocycles. The summed E-state index contributed by atoms with van der Waals surface area (Å²) in [7, 11) is 0. The van der Waals surface area contributed by atoms with Crippen molar-refractivity contribution < 1.29 is 0 Å². The SMILES string of the molecule is c1ccc2c(NC3CC3)nc(NC3CC3)nc2c1. The van der Waals surface area contributed by atoms with E-state index in [9.17, 15) is 0 Å². The number of nitrogens with one attached hydrogen (secondary N) is 2. The monoisotopic (exact) mass is 240 g/mol. The molecule has 0 bridgehead atoms. The van der Waals surface area contributed by atoms with Crippen LogP contribution in [0.25, 0.3) is 10.9 Å². The summed E-state index contributed by atoms with van der Waals surface area (Å²) >= 11 is 0. The maximum atomic E-state index is 4.63. The molecule has 2 saturated carbocycles. The van der Waals surface area contributed by atoms with Crippen molar-refractivity contribution >= 4 is 22.7 Å². The predicted molar refractivity (Wildman–Crippen MR) is 72.8 cm³/mol. The zero-order valence-electron chi connectivity index (χ0n) is 10.2. The van der Waals surface area contributed by atoms with Crippen LogP contribution in [0.2, 0.25) is 0 Å². The van der Waals surface area contributed by atoms with Gasteiger partial charge in [-0.25, -0.2) is 4.98 Å². The second kappa shape index (κ2) is 3.83. The molecule has 2 fully saturated rings. The average Bonchev–Trinajstić information content (AvgIpc) is 3.25. The van der Waals surface area contributed by atoms with Crippen LogP contribution in [0, 0.1) is 0 Å². The fraction of sp³-hybridized carbons (Fsp3) is 0.429. The molecule has 2 aliphatic rings. The number of aromatic nitrogens is 2. The van der Waals surface area contributed by atoms with Crippen LogP contribution in [0.15, 0.2) is 24.3 Å². The Bertz CT molecular complexity index is 587. The molecule has 1 aromatic carbocycles. The average molecular weight is 240 g/mol. The fourth-order valence-corrected chi connectivity index (χ4v) is 2.08. The first-order chi connectivity index (χ1) is 8.88. The summed E-state index contributed by atoms with van der Waals surface area (Å²) in [5.74, 6) is 1.74. The number of hydrogen-bond donors (Lipinski definition) is 2. The predicted octanol–water partition coefficient (Wildman–Crippen LogP) is 2.78. The van der Waals surface area contributed by atoms with Gasteiger partial charge in [0.1, 0.15) is 5.82 Å². The van der Waals surface area contributed by atoms with Crippen LogP contribution < -0.4 is 10.6 Å². The van der Waals surface area contributed by atoms with Crippen LogP contribution in [0.5, 0.6) is 0 Å². The lowest BCUT2D eigenvalue weighted by molar-refractivity contribution is 1.05. The minimum Gasteiger partial charge on any atom is -0.367 e. The van der Waals surface area contributed by atoms with Gasteiger partial charge in [-0.1, -0.05) is 12.1 Å². The molecule has 18 heavy (non-hydrogen) atoms. The normalized spacial score (nSPS) is 18.9. The highest BCUT2D eigenvalue weighted by molar-refractivity contribution is 5.90. The Morgan fingerprint density at radius 2 is 1.61 bits per heavy atom. The van der Waals surface area contributed by atoms with Gasteiger partial charge in [0.15, 0.2) is 0 Å². The van der Waals surface area contributed by atoms with E-state index in [1.807, 2.05) is 18.2 Å². The summed E-state index contributed by atoms with van der Waals surface area (Å²) in [5.41, 5.74) is 1.01. The molecule has 0 aliphatic heterocycles. The van der Waals surface area contributed by atoms with Crippen LogP contribution >= 0.6 is 0 Å². The zero-order chi connectivity index (χ0) is 11.9. The summed E-state index contributed by atoms with van der Waals surface area (Å²) in [4.78, 5) is 9.21. The van der Waals surface area contributed by atoms with E-state index in [4.69, 9.17) is 0 Å². The van der Waals surface area contributed by atoms with Crippen LogP contribution in [-0.4, -0.2) is 22.1 Å². The Balaban J connectivity index is 1.77. The van der Waals surface area contributed by atoms with Gasteiger partial charge < -0.3 is 10.6 Å². The first-order valence-corrected chi connectivity index (χ1v) is 6.68. The van der Waals surface area contributed by atoms with Gasteiger partial charge in [0.2, 0.25) is 5.95 Å². The molecule has 0 radical (unpaired) electrons. The van der Waals surface area contributed by atoms with E-state index < -0.39 is 0 Å². The highest BCUT2D eigenvalue weighted by atomic mass is 15.2. The van der Waals surface area contributed by atoms with Crippen LogP contribution in [0.3, 0.4) is 0 Å². The molecule has 0 unspecified atom stereocenters. The van der Waals surface area contributed by atoms with Crippen molar-refractivity contribution in [3.05, 3.63) is 24.3 Å². The molecule has 1 heterocycles. The Morgan fingerprint density at radius 3 is 2.39 bits per heavy atom. The van der Waals surface area contributed by atoms with E-state index in [1.54, 1.807) is 0 Å². The number of anilines is 2. The second-order valence-corrected chi connectivity index (χ2v) is 5.25. The molecule has 4 rings (SSSR count). The van der Waals surface area contributed by atoms with Gasteiger partial charge in [-0.15, -0.1) is 0 Å². The van der Waals surface area contributed by atoms with E-state index in [1.165, 1.54) is 25.7 Å². The van der Waals surface area contributed by atoms with Gasteiger partial charge in [0.05, 0.1) is 5.52 Å². The van der Waals surface area contributed by atoms with Gasteiger partial charge in [-0.05, 0) is 37.8 Å². The first kappa shape index (κ1) is 10.1. The van der Waals surface area contributed by atoms with E-state index in [2.05, 4.69) is 26.7 Å². The molecule has 2 N–H and O–H groups in total. The Labute approximate surface area is 106 Å². The van der Waals surface area contributed by atoms with E-state index in [0.29, 0.717) is 12.1 Å². The first-order valence-electron chi connectivity index (χ1n) is 6.68. The molecule has 0 spiro atoms. The lowest BCUT2D eigenvalue weighted by Gasteiger charge is -2.10. The lowest BCUT2D eigenvalue weighted by Crippen LogP contribution is -2.09. The molecule has 2 aromatic rings. The van der Waals surface area contributed by atoms with Gasteiger partial charge in [0, 0.05) is 17.5 Å². The van der Waals surface area contributed by atoms with Crippen molar-refractivity contribution in [3.63, 3.8) is 0 Å². The van der Waals surface area contributed by atoms with Crippen molar-refractivity contribution in [1.29, 1.82) is 0 Å². The number of benzene rings is 1. The Morgan fingerprint density at radius 1 is 0.889 bits per heavy atom. The number of para-hydroxylation sites is 1.